The summed E-state index contributed by atoms with van der Waals surface area (Å²) in [5.74, 6) is 1.97. The Morgan fingerprint density at radius 1 is 0.362 bits per heavy atom. The van der Waals surface area contributed by atoms with Crippen LogP contribution in [0, 0.1) is 0 Å². The fourth-order valence-corrected chi connectivity index (χ4v) is 7.34. The van der Waals surface area contributed by atoms with E-state index in [1.165, 1.54) is 44.2 Å². The van der Waals surface area contributed by atoms with Crippen LogP contribution in [0.2, 0.25) is 0 Å². The molecule has 0 atom stereocenters. The molecule has 1 aromatic heterocycles. The lowest BCUT2D eigenvalue weighted by molar-refractivity contribution is 0.769. The van der Waals surface area contributed by atoms with Gasteiger partial charge in [0, 0.05) is 16.7 Å². The van der Waals surface area contributed by atoms with Gasteiger partial charge in [0.15, 0.2) is 17.5 Å². The Morgan fingerprint density at radius 2 is 0.830 bits per heavy atom. The molecule has 0 unspecified atom stereocenters. The first-order chi connectivity index (χ1) is 23.3. The topological polar surface area (TPSA) is 38.7 Å². The Bertz CT molecular complexity index is 2290. The minimum Gasteiger partial charge on any atom is -0.208 e. The van der Waals surface area contributed by atoms with Crippen LogP contribution in [0.1, 0.15) is 22.3 Å². The van der Waals surface area contributed by atoms with Crippen molar-refractivity contribution in [2.45, 2.75) is 5.41 Å². The zero-order valence-electron chi connectivity index (χ0n) is 25.6. The summed E-state index contributed by atoms with van der Waals surface area (Å²) in [6, 6.07) is 62.2. The SMILES string of the molecule is c1ccc(-c2nc(-c3ccccc3)nc(-c3ccc4ccc5c(c4c3)-c3ccccc3C5(c3ccccc3)c3ccccc3)n2)cc1. The molecule has 0 saturated heterocycles. The standard InChI is InChI=1S/C44H29N3/c1-5-15-31(16-6-1)41-45-42(32-17-7-2-8-18-32)47-43(46-41)33-26-25-30-27-28-39-40(37(30)29-33)36-23-13-14-24-38(36)44(39,34-19-9-3-10-20-34)35-21-11-4-12-22-35/h1-29H. The summed E-state index contributed by atoms with van der Waals surface area (Å²) in [4.78, 5) is 15.0. The molecule has 0 amide bonds. The summed E-state index contributed by atoms with van der Waals surface area (Å²) in [6.07, 6.45) is 0. The molecule has 7 aromatic carbocycles. The highest BCUT2D eigenvalue weighted by Gasteiger charge is 2.46. The summed E-state index contributed by atoms with van der Waals surface area (Å²) in [5.41, 5.74) is 10.0. The molecule has 0 spiro atoms. The highest BCUT2D eigenvalue weighted by molar-refractivity contribution is 6.05. The number of nitrogens with zero attached hydrogens (tertiary/aromatic N) is 3. The van der Waals surface area contributed by atoms with E-state index in [1.807, 2.05) is 60.7 Å². The molecule has 0 radical (unpaired) electrons. The van der Waals surface area contributed by atoms with Crippen molar-refractivity contribution in [3.63, 3.8) is 0 Å². The van der Waals surface area contributed by atoms with Crippen LogP contribution in [0.15, 0.2) is 176 Å². The van der Waals surface area contributed by atoms with Gasteiger partial charge in [-0.1, -0.05) is 170 Å². The van der Waals surface area contributed by atoms with Crippen molar-refractivity contribution in [2.75, 3.05) is 0 Å². The van der Waals surface area contributed by atoms with Gasteiger partial charge >= 0.3 is 0 Å². The Hall–Kier alpha value is -6.19. The number of rotatable bonds is 5. The van der Waals surface area contributed by atoms with Gasteiger partial charge in [-0.05, 0) is 50.2 Å². The van der Waals surface area contributed by atoms with E-state index < -0.39 is 5.41 Å². The maximum atomic E-state index is 5.05. The number of benzene rings is 7. The number of fused-ring (bicyclic) bond motifs is 5. The van der Waals surface area contributed by atoms with Gasteiger partial charge < -0.3 is 0 Å². The van der Waals surface area contributed by atoms with E-state index in [-0.39, 0.29) is 0 Å². The van der Waals surface area contributed by atoms with Crippen molar-refractivity contribution >= 4 is 10.8 Å². The zero-order valence-corrected chi connectivity index (χ0v) is 25.6. The summed E-state index contributed by atoms with van der Waals surface area (Å²) in [6.45, 7) is 0. The first kappa shape index (κ1) is 27.1. The van der Waals surface area contributed by atoms with Crippen LogP contribution in [-0.2, 0) is 5.41 Å². The van der Waals surface area contributed by atoms with Crippen LogP contribution >= 0.6 is 0 Å². The third-order valence-corrected chi connectivity index (χ3v) is 9.40. The fourth-order valence-electron chi connectivity index (χ4n) is 7.34. The van der Waals surface area contributed by atoms with E-state index in [4.69, 9.17) is 15.0 Å². The van der Waals surface area contributed by atoms with E-state index >= 15 is 0 Å². The van der Waals surface area contributed by atoms with Crippen LogP contribution in [-0.4, -0.2) is 15.0 Å². The normalized spacial score (nSPS) is 12.9. The van der Waals surface area contributed by atoms with Gasteiger partial charge in [-0.2, -0.15) is 0 Å². The molecule has 0 bridgehead atoms. The minimum absolute atomic E-state index is 0.452. The molecule has 1 heterocycles. The molecule has 9 rings (SSSR count). The molecule has 0 saturated carbocycles. The Balaban J connectivity index is 1.32. The molecule has 220 valence electrons. The first-order valence-electron chi connectivity index (χ1n) is 16.0. The van der Waals surface area contributed by atoms with Crippen LogP contribution in [0.3, 0.4) is 0 Å². The maximum absolute atomic E-state index is 5.05. The molecule has 8 aromatic rings. The summed E-state index contributed by atoms with van der Waals surface area (Å²) in [7, 11) is 0. The van der Waals surface area contributed by atoms with E-state index in [1.54, 1.807) is 0 Å². The molecule has 1 aliphatic carbocycles. The Morgan fingerprint density at radius 3 is 1.40 bits per heavy atom. The predicted octanol–water partition coefficient (Wildman–Crippen LogP) is 10.4. The van der Waals surface area contributed by atoms with Crippen molar-refractivity contribution < 1.29 is 0 Å². The van der Waals surface area contributed by atoms with Gasteiger partial charge in [0.2, 0.25) is 0 Å². The second kappa shape index (κ2) is 11.0. The molecular weight excluding hydrogens is 571 g/mol. The van der Waals surface area contributed by atoms with E-state index in [0.717, 1.165) is 16.7 Å². The molecule has 3 nitrogen and oxygen atoms in total. The molecule has 47 heavy (non-hydrogen) atoms. The van der Waals surface area contributed by atoms with Crippen molar-refractivity contribution in [1.82, 2.24) is 15.0 Å². The largest absolute Gasteiger partial charge is 0.208 e. The Kier molecular flexibility index (Phi) is 6.36. The highest BCUT2D eigenvalue weighted by Crippen LogP contribution is 2.57. The smallest absolute Gasteiger partial charge is 0.164 e. The Labute approximate surface area is 273 Å². The highest BCUT2D eigenvalue weighted by atomic mass is 15.0. The number of aromatic nitrogens is 3. The molecular formula is C44H29N3. The zero-order chi connectivity index (χ0) is 31.2. The lowest BCUT2D eigenvalue weighted by Gasteiger charge is -2.33. The van der Waals surface area contributed by atoms with Crippen LogP contribution in [0.5, 0.6) is 0 Å². The molecule has 1 aliphatic rings. The quantitative estimate of drug-likeness (QED) is 0.198. The third-order valence-electron chi connectivity index (χ3n) is 9.40. The van der Waals surface area contributed by atoms with Gasteiger partial charge in [-0.25, -0.2) is 15.0 Å². The molecule has 3 heteroatoms. The maximum Gasteiger partial charge on any atom is 0.164 e. The van der Waals surface area contributed by atoms with Gasteiger partial charge in [0.25, 0.3) is 0 Å². The van der Waals surface area contributed by atoms with Crippen LogP contribution in [0.4, 0.5) is 0 Å². The second-order valence-corrected chi connectivity index (χ2v) is 12.0. The van der Waals surface area contributed by atoms with Gasteiger partial charge in [0.05, 0.1) is 5.41 Å². The molecule has 0 fully saturated rings. The lowest BCUT2D eigenvalue weighted by atomic mass is 9.67. The lowest BCUT2D eigenvalue weighted by Crippen LogP contribution is -2.28. The van der Waals surface area contributed by atoms with E-state index in [2.05, 4.69) is 115 Å². The van der Waals surface area contributed by atoms with Gasteiger partial charge in [0.1, 0.15) is 0 Å². The van der Waals surface area contributed by atoms with Crippen molar-refractivity contribution in [3.05, 3.63) is 198 Å². The van der Waals surface area contributed by atoms with Crippen molar-refractivity contribution in [1.29, 1.82) is 0 Å². The average molecular weight is 600 g/mol. The summed E-state index contributed by atoms with van der Waals surface area (Å²) in [5, 5.41) is 2.36. The predicted molar refractivity (Wildman–Crippen MR) is 191 cm³/mol. The van der Waals surface area contributed by atoms with Crippen LogP contribution in [0.25, 0.3) is 56.1 Å². The van der Waals surface area contributed by atoms with Crippen LogP contribution < -0.4 is 0 Å². The minimum atomic E-state index is -0.452. The fraction of sp³-hybridized carbons (Fsp3) is 0.0227. The third kappa shape index (κ3) is 4.32. The van der Waals surface area contributed by atoms with E-state index in [9.17, 15) is 0 Å². The van der Waals surface area contributed by atoms with Crippen molar-refractivity contribution in [2.24, 2.45) is 0 Å². The second-order valence-electron chi connectivity index (χ2n) is 12.0. The van der Waals surface area contributed by atoms with E-state index in [0.29, 0.717) is 17.5 Å². The van der Waals surface area contributed by atoms with Gasteiger partial charge in [-0.15, -0.1) is 0 Å². The number of hydrogen-bond donors (Lipinski definition) is 0. The average Bonchev–Trinajstić information content (AvgIpc) is 3.47. The number of hydrogen-bond acceptors (Lipinski definition) is 3. The summed E-state index contributed by atoms with van der Waals surface area (Å²) < 4.78 is 0. The summed E-state index contributed by atoms with van der Waals surface area (Å²) >= 11 is 0. The van der Waals surface area contributed by atoms with Crippen molar-refractivity contribution in [3.8, 4) is 45.3 Å². The molecule has 0 aliphatic heterocycles. The first-order valence-corrected chi connectivity index (χ1v) is 16.0. The molecule has 0 N–H and O–H groups in total. The van der Waals surface area contributed by atoms with Gasteiger partial charge in [-0.3, -0.25) is 0 Å². The monoisotopic (exact) mass is 599 g/mol.